The lowest BCUT2D eigenvalue weighted by Crippen LogP contribution is -2.50. The van der Waals surface area contributed by atoms with Crippen LogP contribution in [0.25, 0.3) is 0 Å². The second kappa shape index (κ2) is 13.6. The maximum atomic E-state index is 13.4. The number of ether oxygens (including phenoxy) is 3. The molecule has 1 aliphatic carbocycles. The highest BCUT2D eigenvalue weighted by molar-refractivity contribution is 5.87. The second-order valence-electron chi connectivity index (χ2n) is 8.91. The monoisotopic (exact) mass is 482 g/mol. The van der Waals surface area contributed by atoms with Crippen molar-refractivity contribution < 1.29 is 23.8 Å². The van der Waals surface area contributed by atoms with Gasteiger partial charge in [-0.2, -0.15) is 0 Å². The molecule has 35 heavy (non-hydrogen) atoms. The summed E-state index contributed by atoms with van der Waals surface area (Å²) >= 11 is 0. The molecule has 0 radical (unpaired) electrons. The standard InChI is InChI=1S/C28H38N2O5/c1-4-26(28(32)29-22-8-5-6-9-22)30(20-21-11-13-23(33-2)14-12-21)27(31)10-7-19-35-25-17-15-24(34-3)16-18-25/h11-18,22,26H,4-10,19-20H2,1-3H3,(H,29,32)/t26-/m1/s1. The molecular formula is C28H38N2O5. The molecule has 7 nitrogen and oxygen atoms in total. The van der Waals surface area contributed by atoms with E-state index in [2.05, 4.69) is 5.32 Å². The average Bonchev–Trinajstić information content (AvgIpc) is 3.40. The van der Waals surface area contributed by atoms with Crippen molar-refractivity contribution in [1.29, 1.82) is 0 Å². The van der Waals surface area contributed by atoms with Crippen LogP contribution in [0, 0.1) is 0 Å². The highest BCUT2D eigenvalue weighted by Crippen LogP contribution is 2.21. The molecule has 3 rings (SSSR count). The van der Waals surface area contributed by atoms with Crippen LogP contribution in [0.4, 0.5) is 0 Å². The largest absolute Gasteiger partial charge is 0.497 e. The van der Waals surface area contributed by atoms with E-state index in [0.29, 0.717) is 32.4 Å². The third-order valence-corrected chi connectivity index (χ3v) is 6.46. The first-order valence-electron chi connectivity index (χ1n) is 12.5. The number of hydrogen-bond acceptors (Lipinski definition) is 5. The van der Waals surface area contributed by atoms with E-state index in [0.717, 1.165) is 48.5 Å². The first kappa shape index (κ1) is 26.4. The first-order valence-corrected chi connectivity index (χ1v) is 12.5. The van der Waals surface area contributed by atoms with Crippen LogP contribution in [0.2, 0.25) is 0 Å². The number of amides is 2. The van der Waals surface area contributed by atoms with Crippen molar-refractivity contribution >= 4 is 11.8 Å². The van der Waals surface area contributed by atoms with Crippen LogP contribution in [-0.2, 0) is 16.1 Å². The van der Waals surface area contributed by atoms with Crippen LogP contribution in [0.15, 0.2) is 48.5 Å². The summed E-state index contributed by atoms with van der Waals surface area (Å²) in [5, 5.41) is 3.18. The van der Waals surface area contributed by atoms with Gasteiger partial charge in [0.25, 0.3) is 0 Å². The predicted octanol–water partition coefficient (Wildman–Crippen LogP) is 4.73. The molecule has 190 valence electrons. The molecule has 1 aliphatic rings. The molecule has 0 bridgehead atoms. The number of carbonyl (C=O) groups excluding carboxylic acids is 2. The number of nitrogens with one attached hydrogen (secondary N) is 1. The van der Waals surface area contributed by atoms with Crippen molar-refractivity contribution in [3.05, 3.63) is 54.1 Å². The molecule has 0 spiro atoms. The molecule has 1 N–H and O–H groups in total. The number of benzene rings is 2. The van der Waals surface area contributed by atoms with Crippen LogP contribution in [0.1, 0.15) is 57.4 Å². The Morgan fingerprint density at radius 1 is 0.943 bits per heavy atom. The minimum absolute atomic E-state index is 0.0485. The molecule has 2 aromatic carbocycles. The van der Waals surface area contributed by atoms with Crippen molar-refractivity contribution in [2.45, 2.75) is 70.5 Å². The van der Waals surface area contributed by atoms with E-state index in [1.165, 1.54) is 0 Å². The van der Waals surface area contributed by atoms with Crippen molar-refractivity contribution in [3.63, 3.8) is 0 Å². The molecular weight excluding hydrogens is 444 g/mol. The van der Waals surface area contributed by atoms with Crippen LogP contribution >= 0.6 is 0 Å². The van der Waals surface area contributed by atoms with Crippen molar-refractivity contribution in [2.24, 2.45) is 0 Å². The van der Waals surface area contributed by atoms with E-state index in [-0.39, 0.29) is 17.9 Å². The van der Waals surface area contributed by atoms with Gasteiger partial charge < -0.3 is 24.4 Å². The summed E-state index contributed by atoms with van der Waals surface area (Å²) < 4.78 is 16.2. The number of hydrogen-bond donors (Lipinski definition) is 1. The van der Waals surface area contributed by atoms with Gasteiger partial charge in [0, 0.05) is 19.0 Å². The van der Waals surface area contributed by atoms with Gasteiger partial charge >= 0.3 is 0 Å². The summed E-state index contributed by atoms with van der Waals surface area (Å²) in [5.41, 5.74) is 0.959. The van der Waals surface area contributed by atoms with Gasteiger partial charge in [-0.25, -0.2) is 0 Å². The summed E-state index contributed by atoms with van der Waals surface area (Å²) in [7, 11) is 3.25. The van der Waals surface area contributed by atoms with Gasteiger partial charge in [0.1, 0.15) is 23.3 Å². The highest BCUT2D eigenvalue weighted by atomic mass is 16.5. The zero-order valence-corrected chi connectivity index (χ0v) is 21.1. The maximum absolute atomic E-state index is 13.4. The lowest BCUT2D eigenvalue weighted by molar-refractivity contribution is -0.141. The minimum atomic E-state index is -0.507. The summed E-state index contributed by atoms with van der Waals surface area (Å²) in [4.78, 5) is 28.3. The zero-order chi connectivity index (χ0) is 25.0. The van der Waals surface area contributed by atoms with Gasteiger partial charge in [0.2, 0.25) is 11.8 Å². The van der Waals surface area contributed by atoms with Gasteiger partial charge in [-0.1, -0.05) is 31.9 Å². The fourth-order valence-corrected chi connectivity index (χ4v) is 4.44. The average molecular weight is 483 g/mol. The van der Waals surface area contributed by atoms with Gasteiger partial charge in [0.05, 0.1) is 20.8 Å². The molecule has 2 amide bonds. The fraction of sp³-hybridized carbons (Fsp3) is 0.500. The van der Waals surface area contributed by atoms with E-state index in [4.69, 9.17) is 14.2 Å². The summed E-state index contributed by atoms with van der Waals surface area (Å²) in [6.07, 6.45) is 5.73. The lowest BCUT2D eigenvalue weighted by atomic mass is 10.1. The van der Waals surface area contributed by atoms with Crippen molar-refractivity contribution in [1.82, 2.24) is 10.2 Å². The van der Waals surface area contributed by atoms with Gasteiger partial charge in [-0.3, -0.25) is 9.59 Å². The highest BCUT2D eigenvalue weighted by Gasteiger charge is 2.30. The SMILES string of the molecule is CC[C@H](C(=O)NC1CCCC1)N(Cc1ccc(OC)cc1)C(=O)CCCOc1ccc(OC)cc1. The summed E-state index contributed by atoms with van der Waals surface area (Å²) in [5.74, 6) is 2.15. The lowest BCUT2D eigenvalue weighted by Gasteiger charge is -2.31. The van der Waals surface area contributed by atoms with Crippen LogP contribution in [-0.4, -0.2) is 49.6 Å². The summed E-state index contributed by atoms with van der Waals surface area (Å²) in [6, 6.07) is 14.7. The molecule has 0 saturated heterocycles. The summed E-state index contributed by atoms with van der Waals surface area (Å²) in [6.45, 7) is 2.75. The third-order valence-electron chi connectivity index (χ3n) is 6.46. The van der Waals surface area contributed by atoms with Crippen molar-refractivity contribution in [2.75, 3.05) is 20.8 Å². The fourth-order valence-electron chi connectivity index (χ4n) is 4.44. The predicted molar refractivity (Wildman–Crippen MR) is 136 cm³/mol. The number of carbonyl (C=O) groups is 2. The Morgan fingerprint density at radius 3 is 2.09 bits per heavy atom. The van der Waals surface area contributed by atoms with Crippen LogP contribution < -0.4 is 19.5 Å². The molecule has 1 saturated carbocycles. The van der Waals surface area contributed by atoms with E-state index >= 15 is 0 Å². The Hall–Kier alpha value is -3.22. The Balaban J connectivity index is 1.63. The smallest absolute Gasteiger partial charge is 0.243 e. The molecule has 0 aromatic heterocycles. The van der Waals surface area contributed by atoms with Gasteiger partial charge in [-0.05, 0) is 67.6 Å². The third kappa shape index (κ3) is 7.91. The number of nitrogens with zero attached hydrogens (tertiary/aromatic N) is 1. The Labute approximate surface area is 208 Å². The molecule has 7 heteroatoms. The van der Waals surface area contributed by atoms with Gasteiger partial charge in [0.15, 0.2) is 0 Å². The molecule has 0 heterocycles. The normalized spacial score (nSPS) is 14.3. The van der Waals surface area contributed by atoms with Crippen molar-refractivity contribution in [3.8, 4) is 17.2 Å². The quantitative estimate of drug-likeness (QED) is 0.418. The molecule has 1 atom stereocenters. The zero-order valence-electron chi connectivity index (χ0n) is 21.1. The Kier molecular flexibility index (Phi) is 10.3. The minimum Gasteiger partial charge on any atom is -0.497 e. The Bertz CT molecular complexity index is 923. The first-order chi connectivity index (χ1) is 17.0. The number of rotatable bonds is 13. The Morgan fingerprint density at radius 2 is 1.51 bits per heavy atom. The number of methoxy groups -OCH3 is 2. The van der Waals surface area contributed by atoms with E-state index < -0.39 is 6.04 Å². The molecule has 0 unspecified atom stereocenters. The van der Waals surface area contributed by atoms with Crippen LogP contribution in [0.3, 0.4) is 0 Å². The molecule has 1 fully saturated rings. The maximum Gasteiger partial charge on any atom is 0.243 e. The molecule has 0 aliphatic heterocycles. The molecule has 2 aromatic rings. The van der Waals surface area contributed by atoms with E-state index in [1.54, 1.807) is 19.1 Å². The van der Waals surface area contributed by atoms with E-state index in [1.807, 2.05) is 55.5 Å². The second-order valence-corrected chi connectivity index (χ2v) is 8.91. The van der Waals surface area contributed by atoms with Gasteiger partial charge in [-0.15, -0.1) is 0 Å². The van der Waals surface area contributed by atoms with Crippen LogP contribution in [0.5, 0.6) is 17.2 Å². The topological polar surface area (TPSA) is 77.1 Å². The van der Waals surface area contributed by atoms with E-state index in [9.17, 15) is 9.59 Å².